The summed E-state index contributed by atoms with van der Waals surface area (Å²) in [4.78, 5) is 0. The molecule has 0 fully saturated rings. The van der Waals surface area contributed by atoms with Gasteiger partial charge in [0, 0.05) is 0 Å². The smallest absolute Gasteiger partial charge is 0.0739 e. The first-order valence-electron chi connectivity index (χ1n) is 8.86. The van der Waals surface area contributed by atoms with Crippen molar-refractivity contribution in [1.82, 2.24) is 0 Å². The molecule has 0 radical (unpaired) electrons. The highest BCUT2D eigenvalue weighted by Gasteiger charge is 2.04. The number of unbranched alkanes of at least 4 members (excludes halogenated alkanes) is 9. The highest BCUT2D eigenvalue weighted by Crippen LogP contribution is 2.19. The van der Waals surface area contributed by atoms with Crippen molar-refractivity contribution in [3.05, 3.63) is 25.3 Å². The second kappa shape index (κ2) is 19.7. The molecule has 0 spiro atoms. The Morgan fingerprint density at radius 3 is 1.43 bits per heavy atom. The third-order valence-corrected chi connectivity index (χ3v) is 4.11. The summed E-state index contributed by atoms with van der Waals surface area (Å²) >= 11 is 0. The summed E-state index contributed by atoms with van der Waals surface area (Å²) < 4.78 is 0. The lowest BCUT2D eigenvalue weighted by atomic mass is 9.94. The predicted molar refractivity (Wildman–Crippen MR) is 91.7 cm³/mol. The number of halogens is 1. The summed E-state index contributed by atoms with van der Waals surface area (Å²) in [5.74, 6) is 0.790. The molecule has 0 heterocycles. The van der Waals surface area contributed by atoms with E-state index in [1.807, 2.05) is 0 Å². The Bertz CT molecular complexity index is 206. The number of rotatable bonds is 16. The molecule has 0 aliphatic rings. The molecule has 3 N–H and O–H groups in total. The zero-order valence-electron chi connectivity index (χ0n) is 14.1. The van der Waals surface area contributed by atoms with Crippen LogP contribution in [-0.2, 0) is 0 Å². The van der Waals surface area contributed by atoms with E-state index in [1.54, 1.807) is 0 Å². The van der Waals surface area contributed by atoms with E-state index in [1.165, 1.54) is 70.6 Å². The van der Waals surface area contributed by atoms with Gasteiger partial charge in [0.25, 0.3) is 0 Å². The molecular weight excluding hydrogens is 278 g/mol. The molecule has 1 nitrogen and oxygen atoms in total. The van der Waals surface area contributed by atoms with E-state index < -0.39 is 0 Å². The van der Waals surface area contributed by atoms with E-state index in [-0.39, 0.29) is 12.4 Å². The topological polar surface area (TPSA) is 27.6 Å². The molecule has 0 saturated carbocycles. The summed E-state index contributed by atoms with van der Waals surface area (Å²) in [6, 6.07) is 0. The molecule has 0 amide bonds. The van der Waals surface area contributed by atoms with Crippen LogP contribution in [0, 0.1) is 5.92 Å². The highest BCUT2D eigenvalue weighted by atomic mass is 35.5. The fourth-order valence-corrected chi connectivity index (χ4v) is 2.83. The Balaban J connectivity index is 0. The van der Waals surface area contributed by atoms with E-state index in [4.69, 9.17) is 0 Å². The summed E-state index contributed by atoms with van der Waals surface area (Å²) in [6.07, 6.45) is 21.8. The molecule has 0 aromatic rings. The number of allylic oxidation sites excluding steroid dienone is 2. The Labute approximate surface area is 139 Å². The first-order chi connectivity index (χ1) is 9.85. The zero-order chi connectivity index (χ0) is 14.9. The van der Waals surface area contributed by atoms with Gasteiger partial charge in [0.2, 0.25) is 0 Å². The Hall–Kier alpha value is -0.270. The summed E-state index contributed by atoms with van der Waals surface area (Å²) in [7, 11) is 0. The van der Waals surface area contributed by atoms with Crippen LogP contribution in [0.1, 0.15) is 83.5 Å². The molecule has 21 heavy (non-hydrogen) atoms. The second-order valence-electron chi connectivity index (χ2n) is 6.09. The molecule has 0 aromatic heterocycles. The van der Waals surface area contributed by atoms with E-state index in [0.717, 1.165) is 25.3 Å². The second-order valence-corrected chi connectivity index (χ2v) is 6.09. The van der Waals surface area contributed by atoms with Gasteiger partial charge in [-0.15, -0.1) is 13.2 Å². The molecule has 0 aliphatic heterocycles. The average molecular weight is 316 g/mol. The standard InChI is InChI=1S/C19H37N.ClH/c1-3-15-19(16-4-2)17-13-11-9-7-5-6-8-10-12-14-18-20;/h3-4,19H,1-2,5-18,20H2;1H. The van der Waals surface area contributed by atoms with Gasteiger partial charge in [-0.25, -0.2) is 0 Å². The Kier molecular flexibility index (Phi) is 21.6. The maximum atomic E-state index is 3.89. The molecular formula is C19H38ClN. The van der Waals surface area contributed by atoms with Crippen LogP contribution in [-0.4, -0.2) is 6.54 Å². The predicted octanol–water partition coefficient (Wildman–Crippen LogP) is 2.29. The van der Waals surface area contributed by atoms with Gasteiger partial charge >= 0.3 is 0 Å². The van der Waals surface area contributed by atoms with Crippen LogP contribution < -0.4 is 18.1 Å². The molecule has 126 valence electrons. The Morgan fingerprint density at radius 2 is 1.05 bits per heavy atom. The van der Waals surface area contributed by atoms with Crippen molar-refractivity contribution in [2.24, 2.45) is 5.92 Å². The molecule has 2 heteroatoms. The maximum Gasteiger partial charge on any atom is 0.0739 e. The number of hydrogen-bond donors (Lipinski definition) is 1. The highest BCUT2D eigenvalue weighted by molar-refractivity contribution is 4.79. The summed E-state index contributed by atoms with van der Waals surface area (Å²) in [5.41, 5.74) is 3.89. The van der Waals surface area contributed by atoms with Gasteiger partial charge in [0.05, 0.1) is 6.54 Å². The van der Waals surface area contributed by atoms with Gasteiger partial charge in [0.1, 0.15) is 0 Å². The van der Waals surface area contributed by atoms with E-state index >= 15 is 0 Å². The molecule has 0 saturated heterocycles. The van der Waals surface area contributed by atoms with Crippen LogP contribution >= 0.6 is 0 Å². The van der Waals surface area contributed by atoms with Gasteiger partial charge in [-0.2, -0.15) is 0 Å². The normalized spacial score (nSPS) is 10.4. The van der Waals surface area contributed by atoms with Crippen molar-refractivity contribution in [2.75, 3.05) is 6.54 Å². The molecule has 0 atom stereocenters. The van der Waals surface area contributed by atoms with Crippen molar-refractivity contribution >= 4 is 0 Å². The van der Waals surface area contributed by atoms with Gasteiger partial charge in [-0.05, 0) is 38.0 Å². The van der Waals surface area contributed by atoms with Crippen LogP contribution in [0.4, 0.5) is 0 Å². The van der Waals surface area contributed by atoms with Crippen LogP contribution in [0.2, 0.25) is 0 Å². The summed E-state index contributed by atoms with van der Waals surface area (Å²) in [5, 5.41) is 0. The van der Waals surface area contributed by atoms with Crippen LogP contribution in [0.15, 0.2) is 25.3 Å². The third-order valence-electron chi connectivity index (χ3n) is 4.11. The lowest BCUT2D eigenvalue weighted by Crippen LogP contribution is -3.00. The minimum absolute atomic E-state index is 0. The SMILES string of the molecule is C=CCC(CC=C)CCCCCCCCCCCC[NH3+].[Cl-]. The number of hydrogen-bond acceptors (Lipinski definition) is 0. The first kappa shape index (κ1) is 23.0. The summed E-state index contributed by atoms with van der Waals surface area (Å²) in [6.45, 7) is 8.81. The largest absolute Gasteiger partial charge is 1.00 e. The van der Waals surface area contributed by atoms with E-state index in [2.05, 4.69) is 31.0 Å². The minimum atomic E-state index is 0. The van der Waals surface area contributed by atoms with Crippen molar-refractivity contribution in [2.45, 2.75) is 83.5 Å². The first-order valence-corrected chi connectivity index (χ1v) is 8.86. The van der Waals surface area contributed by atoms with Crippen molar-refractivity contribution in [3.8, 4) is 0 Å². The zero-order valence-corrected chi connectivity index (χ0v) is 14.9. The van der Waals surface area contributed by atoms with Crippen LogP contribution in [0.5, 0.6) is 0 Å². The van der Waals surface area contributed by atoms with Gasteiger partial charge in [-0.1, -0.05) is 63.5 Å². The Morgan fingerprint density at radius 1 is 0.667 bits per heavy atom. The lowest BCUT2D eigenvalue weighted by molar-refractivity contribution is -0.368. The van der Waals surface area contributed by atoms with Crippen LogP contribution in [0.25, 0.3) is 0 Å². The number of quaternary nitrogens is 1. The van der Waals surface area contributed by atoms with E-state index in [9.17, 15) is 0 Å². The van der Waals surface area contributed by atoms with Crippen molar-refractivity contribution in [3.63, 3.8) is 0 Å². The molecule has 0 unspecified atom stereocenters. The van der Waals surface area contributed by atoms with Crippen molar-refractivity contribution in [1.29, 1.82) is 0 Å². The molecule has 0 bridgehead atoms. The van der Waals surface area contributed by atoms with E-state index in [0.29, 0.717) is 0 Å². The molecule has 0 rings (SSSR count). The monoisotopic (exact) mass is 315 g/mol. The lowest BCUT2D eigenvalue weighted by Gasteiger charge is -2.12. The van der Waals surface area contributed by atoms with Gasteiger partial charge < -0.3 is 18.1 Å². The van der Waals surface area contributed by atoms with Gasteiger partial charge in [-0.3, -0.25) is 0 Å². The maximum absolute atomic E-state index is 3.89. The van der Waals surface area contributed by atoms with Crippen LogP contribution in [0.3, 0.4) is 0 Å². The fourth-order valence-electron chi connectivity index (χ4n) is 2.83. The minimum Gasteiger partial charge on any atom is -1.00 e. The average Bonchev–Trinajstić information content (AvgIpc) is 2.45. The van der Waals surface area contributed by atoms with Crippen molar-refractivity contribution < 1.29 is 18.1 Å². The molecule has 0 aliphatic carbocycles. The fraction of sp³-hybridized carbons (Fsp3) is 0.789. The quantitative estimate of drug-likeness (QED) is 0.334. The van der Waals surface area contributed by atoms with Gasteiger partial charge in [0.15, 0.2) is 0 Å². The molecule has 0 aromatic carbocycles. The third kappa shape index (κ3) is 17.7.